The molecule has 3 N–H and O–H groups in total. The molecule has 0 bridgehead atoms. The Hall–Kier alpha value is -2.80. The van der Waals surface area contributed by atoms with Gasteiger partial charge in [0.1, 0.15) is 22.2 Å². The first-order valence-electron chi connectivity index (χ1n) is 9.39. The third-order valence-corrected chi connectivity index (χ3v) is 5.45. The van der Waals surface area contributed by atoms with Gasteiger partial charge in [-0.2, -0.15) is 0 Å². The van der Waals surface area contributed by atoms with Crippen molar-refractivity contribution < 1.29 is 18.7 Å². The van der Waals surface area contributed by atoms with E-state index < -0.39 is 23.5 Å². The lowest BCUT2D eigenvalue weighted by molar-refractivity contribution is -0.116. The summed E-state index contributed by atoms with van der Waals surface area (Å²) in [6.07, 6.45) is 1.64. The second kappa shape index (κ2) is 7.22. The summed E-state index contributed by atoms with van der Waals surface area (Å²) in [5.41, 5.74) is 2.31. The van der Waals surface area contributed by atoms with Crippen LogP contribution >= 0.6 is 11.6 Å². The molecule has 0 unspecified atom stereocenters. The fourth-order valence-electron chi connectivity index (χ4n) is 3.75. The predicted molar refractivity (Wildman–Crippen MR) is 109 cm³/mol. The zero-order valence-electron chi connectivity index (χ0n) is 16.1. The van der Waals surface area contributed by atoms with E-state index in [2.05, 4.69) is 16.0 Å². The van der Waals surface area contributed by atoms with Gasteiger partial charge in [-0.25, -0.2) is 9.18 Å². The Morgan fingerprint density at radius 1 is 1.28 bits per heavy atom. The number of aryl methyl sites for hydroxylation is 1. The van der Waals surface area contributed by atoms with Crippen LogP contribution in [0, 0.1) is 5.82 Å². The van der Waals surface area contributed by atoms with E-state index in [1.54, 1.807) is 18.2 Å². The Labute approximate surface area is 172 Å². The van der Waals surface area contributed by atoms with Crippen molar-refractivity contribution in [3.05, 3.63) is 52.3 Å². The van der Waals surface area contributed by atoms with Gasteiger partial charge in [-0.3, -0.25) is 4.79 Å². The molecule has 2 aliphatic rings. The van der Waals surface area contributed by atoms with Crippen molar-refractivity contribution in [2.45, 2.75) is 44.8 Å². The summed E-state index contributed by atoms with van der Waals surface area (Å²) >= 11 is 6.09. The van der Waals surface area contributed by atoms with E-state index in [0.29, 0.717) is 36.2 Å². The standard InChI is InChI=1S/C21H21ClFN3O3/c1-21(2)10-16(13-6-7-14(23)18(22)19(13)29-21)26-20(28)24-12-5-3-11-4-8-17(27)25-15(11)9-12/h3,5-7,9,16H,4,8,10H2,1-2H3,(H,25,27)(H2,24,26,28)/t16-/m1/s1. The SMILES string of the molecule is CC1(C)C[C@@H](NC(=O)Nc2ccc3c(c2)NC(=O)CC3)c2ccc(F)c(Cl)c2O1. The number of carbonyl (C=O) groups excluding carboxylic acids is 2. The Balaban J connectivity index is 1.53. The molecule has 3 amide bonds. The number of nitrogens with one attached hydrogen (secondary N) is 3. The number of amides is 3. The molecule has 0 spiro atoms. The maximum Gasteiger partial charge on any atom is 0.319 e. The van der Waals surface area contributed by atoms with Gasteiger partial charge in [0.25, 0.3) is 0 Å². The van der Waals surface area contributed by atoms with Crippen LogP contribution in [0.1, 0.15) is 43.9 Å². The molecule has 2 aromatic carbocycles. The van der Waals surface area contributed by atoms with Gasteiger partial charge < -0.3 is 20.7 Å². The molecular weight excluding hydrogens is 397 g/mol. The zero-order chi connectivity index (χ0) is 20.8. The molecule has 2 heterocycles. The second-order valence-corrected chi connectivity index (χ2v) is 8.29. The van der Waals surface area contributed by atoms with Crippen LogP contribution in [0.5, 0.6) is 5.75 Å². The van der Waals surface area contributed by atoms with E-state index >= 15 is 0 Å². The van der Waals surface area contributed by atoms with Crippen molar-refractivity contribution in [2.75, 3.05) is 10.6 Å². The Kier molecular flexibility index (Phi) is 4.86. The highest BCUT2D eigenvalue weighted by molar-refractivity contribution is 6.32. The van der Waals surface area contributed by atoms with Crippen molar-refractivity contribution in [3.63, 3.8) is 0 Å². The van der Waals surface area contributed by atoms with E-state index in [1.807, 2.05) is 19.9 Å². The van der Waals surface area contributed by atoms with Gasteiger partial charge in [0.15, 0.2) is 0 Å². The summed E-state index contributed by atoms with van der Waals surface area (Å²) in [6.45, 7) is 3.71. The lowest BCUT2D eigenvalue weighted by atomic mass is 9.89. The van der Waals surface area contributed by atoms with E-state index in [0.717, 1.165) is 5.56 Å². The smallest absolute Gasteiger partial charge is 0.319 e. The van der Waals surface area contributed by atoms with Gasteiger partial charge in [-0.15, -0.1) is 0 Å². The monoisotopic (exact) mass is 417 g/mol. The lowest BCUT2D eigenvalue weighted by Gasteiger charge is -2.38. The van der Waals surface area contributed by atoms with Gasteiger partial charge in [-0.1, -0.05) is 23.7 Å². The van der Waals surface area contributed by atoms with Crippen LogP contribution in [-0.4, -0.2) is 17.5 Å². The quantitative estimate of drug-likeness (QED) is 0.657. The van der Waals surface area contributed by atoms with Gasteiger partial charge in [0.2, 0.25) is 5.91 Å². The number of fused-ring (bicyclic) bond motifs is 2. The van der Waals surface area contributed by atoms with E-state index in [-0.39, 0.29) is 16.7 Å². The van der Waals surface area contributed by atoms with E-state index in [4.69, 9.17) is 16.3 Å². The molecule has 0 radical (unpaired) electrons. The number of rotatable bonds is 2. The van der Waals surface area contributed by atoms with Crippen LogP contribution in [0.15, 0.2) is 30.3 Å². The fraction of sp³-hybridized carbons (Fsp3) is 0.333. The molecule has 0 saturated heterocycles. The topological polar surface area (TPSA) is 79.5 Å². The fourth-order valence-corrected chi connectivity index (χ4v) is 3.96. The molecule has 6 nitrogen and oxygen atoms in total. The van der Waals surface area contributed by atoms with Crippen LogP contribution in [0.4, 0.5) is 20.6 Å². The van der Waals surface area contributed by atoms with Crippen molar-refractivity contribution in [1.29, 1.82) is 0 Å². The minimum Gasteiger partial charge on any atom is -0.486 e. The van der Waals surface area contributed by atoms with Crippen LogP contribution < -0.4 is 20.7 Å². The summed E-state index contributed by atoms with van der Waals surface area (Å²) in [7, 11) is 0. The number of hydrogen-bond donors (Lipinski definition) is 3. The van der Waals surface area contributed by atoms with Crippen molar-refractivity contribution in [2.24, 2.45) is 0 Å². The summed E-state index contributed by atoms with van der Waals surface area (Å²) in [5.74, 6) is -0.351. The molecule has 0 fully saturated rings. The van der Waals surface area contributed by atoms with Gasteiger partial charge >= 0.3 is 6.03 Å². The molecule has 0 aliphatic carbocycles. The number of benzene rings is 2. The zero-order valence-corrected chi connectivity index (χ0v) is 16.8. The number of urea groups is 1. The van der Waals surface area contributed by atoms with Crippen LogP contribution in [0.2, 0.25) is 5.02 Å². The summed E-state index contributed by atoms with van der Waals surface area (Å²) in [6, 6.07) is 7.45. The average molecular weight is 418 g/mol. The Morgan fingerprint density at radius 3 is 2.86 bits per heavy atom. The molecule has 2 aliphatic heterocycles. The summed E-state index contributed by atoms with van der Waals surface area (Å²) in [5, 5.41) is 8.43. The van der Waals surface area contributed by atoms with E-state index in [1.165, 1.54) is 6.07 Å². The van der Waals surface area contributed by atoms with Crippen molar-refractivity contribution in [3.8, 4) is 5.75 Å². The Morgan fingerprint density at radius 2 is 2.07 bits per heavy atom. The molecule has 8 heteroatoms. The number of ether oxygens (including phenoxy) is 1. The third-order valence-electron chi connectivity index (χ3n) is 5.10. The van der Waals surface area contributed by atoms with E-state index in [9.17, 15) is 14.0 Å². The molecule has 1 atom stereocenters. The van der Waals surface area contributed by atoms with Crippen LogP contribution in [0.25, 0.3) is 0 Å². The first-order valence-corrected chi connectivity index (χ1v) is 9.77. The first-order chi connectivity index (χ1) is 13.7. The number of halogens is 2. The maximum absolute atomic E-state index is 13.9. The largest absolute Gasteiger partial charge is 0.486 e. The van der Waals surface area contributed by atoms with Gasteiger partial charge in [0.05, 0.1) is 6.04 Å². The summed E-state index contributed by atoms with van der Waals surface area (Å²) < 4.78 is 19.7. The lowest BCUT2D eigenvalue weighted by Crippen LogP contribution is -2.42. The molecular formula is C21H21ClFN3O3. The molecule has 152 valence electrons. The highest BCUT2D eigenvalue weighted by atomic mass is 35.5. The minimum atomic E-state index is -0.627. The highest BCUT2D eigenvalue weighted by Gasteiger charge is 2.36. The number of carbonyl (C=O) groups is 2. The molecule has 4 rings (SSSR count). The Bertz CT molecular complexity index is 1010. The number of hydrogen-bond acceptors (Lipinski definition) is 3. The van der Waals surface area contributed by atoms with Crippen molar-refractivity contribution >= 4 is 34.9 Å². The van der Waals surface area contributed by atoms with Gasteiger partial charge in [-0.05, 0) is 44.0 Å². The maximum atomic E-state index is 13.9. The molecule has 2 aromatic rings. The first kappa shape index (κ1) is 19.5. The third kappa shape index (κ3) is 4.00. The number of anilines is 2. The van der Waals surface area contributed by atoms with Crippen molar-refractivity contribution in [1.82, 2.24) is 5.32 Å². The normalized spacial score (nSPS) is 19.3. The molecule has 0 saturated carbocycles. The van der Waals surface area contributed by atoms with Crippen LogP contribution in [-0.2, 0) is 11.2 Å². The molecule has 29 heavy (non-hydrogen) atoms. The predicted octanol–water partition coefficient (Wildman–Crippen LogP) is 4.79. The second-order valence-electron chi connectivity index (χ2n) is 7.92. The highest BCUT2D eigenvalue weighted by Crippen LogP contribution is 2.44. The molecule has 0 aromatic heterocycles. The minimum absolute atomic E-state index is 0.0377. The average Bonchev–Trinajstić information content (AvgIpc) is 2.64. The van der Waals surface area contributed by atoms with Crippen LogP contribution in [0.3, 0.4) is 0 Å². The van der Waals surface area contributed by atoms with Gasteiger partial charge in [0, 0.05) is 29.8 Å². The summed E-state index contributed by atoms with van der Waals surface area (Å²) in [4.78, 5) is 24.2.